The Morgan fingerprint density at radius 1 is 1.50 bits per heavy atom. The molecule has 2 heteroatoms. The molecule has 1 nitrogen and oxygen atoms in total. The summed E-state index contributed by atoms with van der Waals surface area (Å²) in [5.74, 6) is 0. The molecule has 0 spiro atoms. The number of allylic oxidation sites excluding steroid dienone is 1. The van der Waals surface area contributed by atoms with Gasteiger partial charge in [0, 0.05) is 11.6 Å². The van der Waals surface area contributed by atoms with E-state index in [4.69, 9.17) is 11.6 Å². The van der Waals surface area contributed by atoms with Crippen molar-refractivity contribution in [2.24, 2.45) is 0 Å². The summed E-state index contributed by atoms with van der Waals surface area (Å²) < 4.78 is 0. The third kappa shape index (κ3) is 1.84. The molecule has 0 saturated heterocycles. The monoisotopic (exact) mass is 207 g/mol. The van der Waals surface area contributed by atoms with Crippen molar-refractivity contribution in [2.75, 3.05) is 6.54 Å². The van der Waals surface area contributed by atoms with E-state index in [9.17, 15) is 0 Å². The standard InChI is InChI=1S/C12H14ClN/c1-2-3-12-11-8-10(13)5-4-9(11)6-7-14-12/h2-5,8,12,14H,6-7H2,1H3/b3-2+. The fraction of sp³-hybridized carbons (Fsp3) is 0.333. The van der Waals surface area contributed by atoms with Crippen LogP contribution in [0, 0.1) is 0 Å². The fourth-order valence-corrected chi connectivity index (χ4v) is 2.10. The summed E-state index contributed by atoms with van der Waals surface area (Å²) in [5.41, 5.74) is 2.73. The lowest BCUT2D eigenvalue weighted by Gasteiger charge is -2.24. The minimum Gasteiger partial charge on any atom is -0.306 e. The summed E-state index contributed by atoms with van der Waals surface area (Å²) in [4.78, 5) is 0. The van der Waals surface area contributed by atoms with Crippen molar-refractivity contribution in [3.05, 3.63) is 46.5 Å². The SMILES string of the molecule is C/C=C/C1NCCc2ccc(Cl)cc21. The van der Waals surface area contributed by atoms with Gasteiger partial charge in [-0.2, -0.15) is 0 Å². The van der Waals surface area contributed by atoms with Crippen LogP contribution in [-0.2, 0) is 6.42 Å². The van der Waals surface area contributed by atoms with Gasteiger partial charge in [-0.05, 0) is 36.6 Å². The highest BCUT2D eigenvalue weighted by molar-refractivity contribution is 6.30. The van der Waals surface area contributed by atoms with Gasteiger partial charge in [-0.25, -0.2) is 0 Å². The molecule has 0 radical (unpaired) electrons. The molecule has 1 atom stereocenters. The van der Waals surface area contributed by atoms with Crippen molar-refractivity contribution < 1.29 is 0 Å². The van der Waals surface area contributed by atoms with Crippen molar-refractivity contribution in [2.45, 2.75) is 19.4 Å². The molecule has 74 valence electrons. The van der Waals surface area contributed by atoms with Crippen molar-refractivity contribution in [1.29, 1.82) is 0 Å². The predicted molar refractivity (Wildman–Crippen MR) is 60.7 cm³/mol. The fourth-order valence-electron chi connectivity index (χ4n) is 1.92. The minimum atomic E-state index is 0.336. The topological polar surface area (TPSA) is 12.0 Å². The summed E-state index contributed by atoms with van der Waals surface area (Å²) in [5, 5.41) is 4.28. The number of halogens is 1. The summed E-state index contributed by atoms with van der Waals surface area (Å²) in [6.45, 7) is 3.09. The Kier molecular flexibility index (Phi) is 2.90. The van der Waals surface area contributed by atoms with E-state index in [1.54, 1.807) is 0 Å². The van der Waals surface area contributed by atoms with Crippen LogP contribution in [0.4, 0.5) is 0 Å². The van der Waals surface area contributed by atoms with Gasteiger partial charge in [-0.3, -0.25) is 0 Å². The van der Waals surface area contributed by atoms with Crippen LogP contribution in [0.1, 0.15) is 24.1 Å². The first-order chi connectivity index (χ1) is 6.81. The second-order valence-corrected chi connectivity index (χ2v) is 3.99. The van der Waals surface area contributed by atoms with Crippen LogP contribution >= 0.6 is 11.6 Å². The van der Waals surface area contributed by atoms with Gasteiger partial charge in [-0.15, -0.1) is 0 Å². The number of nitrogens with one attached hydrogen (secondary N) is 1. The number of rotatable bonds is 1. The summed E-state index contributed by atoms with van der Waals surface area (Å²) in [6.07, 6.45) is 5.35. The highest BCUT2D eigenvalue weighted by Gasteiger charge is 2.16. The van der Waals surface area contributed by atoms with Gasteiger partial charge >= 0.3 is 0 Å². The Labute approximate surface area is 89.8 Å². The zero-order valence-electron chi connectivity index (χ0n) is 8.26. The van der Waals surface area contributed by atoms with Crippen LogP contribution in [-0.4, -0.2) is 6.54 Å². The first-order valence-electron chi connectivity index (χ1n) is 4.96. The van der Waals surface area contributed by atoms with E-state index in [1.165, 1.54) is 11.1 Å². The molecule has 0 bridgehead atoms. The molecule has 0 aliphatic carbocycles. The largest absolute Gasteiger partial charge is 0.306 e. The zero-order chi connectivity index (χ0) is 9.97. The molecule has 2 rings (SSSR count). The maximum Gasteiger partial charge on any atom is 0.0509 e. The van der Waals surface area contributed by atoms with E-state index >= 15 is 0 Å². The van der Waals surface area contributed by atoms with Crippen molar-refractivity contribution in [3.63, 3.8) is 0 Å². The number of hydrogen-bond donors (Lipinski definition) is 1. The van der Waals surface area contributed by atoms with Gasteiger partial charge in [0.1, 0.15) is 0 Å². The predicted octanol–water partition coefficient (Wildman–Crippen LogP) is 3.10. The first-order valence-corrected chi connectivity index (χ1v) is 5.33. The van der Waals surface area contributed by atoms with Crippen molar-refractivity contribution in [1.82, 2.24) is 5.32 Å². The highest BCUT2D eigenvalue weighted by Crippen LogP contribution is 2.26. The van der Waals surface area contributed by atoms with E-state index in [1.807, 2.05) is 13.0 Å². The lowest BCUT2D eigenvalue weighted by molar-refractivity contribution is 0.581. The molecule has 1 unspecified atom stereocenters. The number of fused-ring (bicyclic) bond motifs is 1. The highest BCUT2D eigenvalue weighted by atomic mass is 35.5. The lowest BCUT2D eigenvalue weighted by atomic mass is 9.94. The molecule has 1 N–H and O–H groups in total. The molecule has 1 heterocycles. The normalized spacial score (nSPS) is 21.1. The van der Waals surface area contributed by atoms with Gasteiger partial charge in [0.25, 0.3) is 0 Å². The minimum absolute atomic E-state index is 0.336. The Morgan fingerprint density at radius 2 is 2.36 bits per heavy atom. The van der Waals surface area contributed by atoms with E-state index in [0.717, 1.165) is 18.0 Å². The first kappa shape index (κ1) is 9.75. The smallest absolute Gasteiger partial charge is 0.0509 e. The molecule has 0 saturated carbocycles. The van der Waals surface area contributed by atoms with Crippen LogP contribution in [0.25, 0.3) is 0 Å². The maximum atomic E-state index is 5.99. The molecule has 1 aromatic rings. The van der Waals surface area contributed by atoms with Crippen LogP contribution in [0.3, 0.4) is 0 Å². The van der Waals surface area contributed by atoms with Crippen molar-refractivity contribution in [3.8, 4) is 0 Å². The average Bonchev–Trinajstić information content (AvgIpc) is 2.19. The van der Waals surface area contributed by atoms with Crippen LogP contribution in [0.5, 0.6) is 0 Å². The molecular weight excluding hydrogens is 194 g/mol. The molecule has 1 aliphatic rings. The number of hydrogen-bond acceptors (Lipinski definition) is 1. The van der Waals surface area contributed by atoms with Gasteiger partial charge in [0.15, 0.2) is 0 Å². The molecule has 14 heavy (non-hydrogen) atoms. The molecule has 0 aromatic heterocycles. The Morgan fingerprint density at radius 3 is 3.14 bits per heavy atom. The summed E-state index contributed by atoms with van der Waals surface area (Å²) >= 11 is 5.99. The Balaban J connectivity index is 2.41. The maximum absolute atomic E-state index is 5.99. The zero-order valence-corrected chi connectivity index (χ0v) is 9.01. The van der Waals surface area contributed by atoms with Crippen LogP contribution < -0.4 is 5.32 Å². The lowest BCUT2D eigenvalue weighted by Crippen LogP contribution is -2.28. The van der Waals surface area contributed by atoms with Gasteiger partial charge in [-0.1, -0.05) is 29.8 Å². The molecule has 0 amide bonds. The molecule has 1 aliphatic heterocycles. The van der Waals surface area contributed by atoms with Crippen molar-refractivity contribution >= 4 is 11.6 Å². The van der Waals surface area contributed by atoms with Crippen LogP contribution in [0.2, 0.25) is 5.02 Å². The van der Waals surface area contributed by atoms with Gasteiger partial charge in [0.05, 0.1) is 6.04 Å². The van der Waals surface area contributed by atoms with E-state index in [2.05, 4.69) is 29.6 Å². The Hall–Kier alpha value is -0.790. The van der Waals surface area contributed by atoms with E-state index in [-0.39, 0.29) is 0 Å². The third-order valence-electron chi connectivity index (χ3n) is 2.59. The van der Waals surface area contributed by atoms with Crippen LogP contribution in [0.15, 0.2) is 30.4 Å². The van der Waals surface area contributed by atoms with Gasteiger partial charge < -0.3 is 5.32 Å². The third-order valence-corrected chi connectivity index (χ3v) is 2.82. The summed E-state index contributed by atoms with van der Waals surface area (Å²) in [6, 6.07) is 6.50. The van der Waals surface area contributed by atoms with E-state index in [0.29, 0.717) is 6.04 Å². The summed E-state index contributed by atoms with van der Waals surface area (Å²) in [7, 11) is 0. The second-order valence-electron chi connectivity index (χ2n) is 3.55. The number of benzene rings is 1. The van der Waals surface area contributed by atoms with E-state index < -0.39 is 0 Å². The van der Waals surface area contributed by atoms with Gasteiger partial charge in [0.2, 0.25) is 0 Å². The Bertz CT molecular complexity index is 357. The molecular formula is C12H14ClN. The molecule has 1 aromatic carbocycles. The molecule has 0 fully saturated rings. The average molecular weight is 208 g/mol. The quantitative estimate of drug-likeness (QED) is 0.698. The second kappa shape index (κ2) is 4.16.